The highest BCUT2D eigenvalue weighted by molar-refractivity contribution is 5.85. The van der Waals surface area contributed by atoms with Crippen molar-refractivity contribution in [3.63, 3.8) is 0 Å². The minimum Gasteiger partial charge on any atom is -0.383 e. The second kappa shape index (κ2) is 10.1. The van der Waals surface area contributed by atoms with E-state index < -0.39 is 4.92 Å². The lowest BCUT2D eigenvalue weighted by Crippen LogP contribution is -2.34. The number of methoxy groups -OCH3 is 1. The molecule has 0 saturated carbocycles. The highest BCUT2D eigenvalue weighted by atomic mass is 35.5. The minimum atomic E-state index is -0.582. The highest BCUT2D eigenvalue weighted by Gasteiger charge is 2.16. The number of amides is 1. The molecule has 0 fully saturated rings. The first-order chi connectivity index (χ1) is 9.54. The first kappa shape index (κ1) is 19.3. The topological polar surface area (TPSA) is 111 Å². The molecule has 1 aromatic heterocycles. The van der Waals surface area contributed by atoms with E-state index in [4.69, 9.17) is 4.74 Å². The summed E-state index contributed by atoms with van der Waals surface area (Å²) >= 11 is 0. The molecule has 0 bridgehead atoms. The fraction of sp³-hybridized carbons (Fsp3) is 0.636. The predicted octanol–water partition coefficient (Wildman–Crippen LogP) is -0.126. The van der Waals surface area contributed by atoms with Crippen LogP contribution in [0.3, 0.4) is 0 Å². The van der Waals surface area contributed by atoms with Crippen molar-refractivity contribution in [1.29, 1.82) is 0 Å². The number of nitrogens with zero attached hydrogens (tertiary/aromatic N) is 3. The van der Waals surface area contributed by atoms with Crippen LogP contribution < -0.4 is 10.6 Å². The van der Waals surface area contributed by atoms with Crippen LogP contribution in [0.4, 0.5) is 5.82 Å². The molecule has 0 aliphatic heterocycles. The van der Waals surface area contributed by atoms with E-state index >= 15 is 0 Å². The molecule has 21 heavy (non-hydrogen) atoms. The van der Waals surface area contributed by atoms with Gasteiger partial charge in [0, 0.05) is 33.7 Å². The molecule has 1 heterocycles. The quantitative estimate of drug-likeness (QED) is 0.372. The van der Waals surface area contributed by atoms with Gasteiger partial charge in [0.25, 0.3) is 0 Å². The van der Waals surface area contributed by atoms with Crippen molar-refractivity contribution >= 4 is 24.1 Å². The van der Waals surface area contributed by atoms with E-state index in [-0.39, 0.29) is 30.7 Å². The number of hydrogen-bond acceptors (Lipinski definition) is 6. The van der Waals surface area contributed by atoms with Gasteiger partial charge in [-0.3, -0.25) is 9.36 Å². The van der Waals surface area contributed by atoms with Crippen molar-refractivity contribution in [1.82, 2.24) is 20.2 Å². The maximum absolute atomic E-state index is 11.7. The molecule has 0 atom stereocenters. The Morgan fingerprint density at radius 2 is 2.19 bits per heavy atom. The van der Waals surface area contributed by atoms with E-state index in [1.807, 2.05) is 0 Å². The maximum Gasteiger partial charge on any atom is 0.381 e. The lowest BCUT2D eigenvalue weighted by Gasteiger charge is -2.07. The highest BCUT2D eigenvalue weighted by Crippen LogP contribution is 2.09. The van der Waals surface area contributed by atoms with Crippen LogP contribution in [0.1, 0.15) is 5.82 Å². The van der Waals surface area contributed by atoms with Crippen LogP contribution in [-0.2, 0) is 16.1 Å². The zero-order valence-electron chi connectivity index (χ0n) is 12.0. The fourth-order valence-corrected chi connectivity index (χ4v) is 1.54. The van der Waals surface area contributed by atoms with E-state index in [1.54, 1.807) is 14.0 Å². The van der Waals surface area contributed by atoms with Gasteiger partial charge in [-0.15, -0.1) is 12.4 Å². The molecule has 1 amide bonds. The SMILES string of the molecule is COCCNCCNC(=O)Cn1cc([N+](=O)[O-])nc1C.Cl. The molecule has 0 radical (unpaired) electrons. The van der Waals surface area contributed by atoms with Crippen LogP contribution in [0.2, 0.25) is 0 Å². The van der Waals surface area contributed by atoms with Crippen LogP contribution in [0.25, 0.3) is 0 Å². The van der Waals surface area contributed by atoms with Crippen molar-refractivity contribution < 1.29 is 14.5 Å². The largest absolute Gasteiger partial charge is 0.383 e. The van der Waals surface area contributed by atoms with Gasteiger partial charge in [-0.05, 0) is 9.91 Å². The number of aryl methyl sites for hydroxylation is 1. The summed E-state index contributed by atoms with van der Waals surface area (Å²) in [7, 11) is 1.62. The molecule has 0 saturated heterocycles. The number of hydrogen-bond donors (Lipinski definition) is 2. The smallest absolute Gasteiger partial charge is 0.381 e. The monoisotopic (exact) mass is 321 g/mol. The van der Waals surface area contributed by atoms with E-state index in [0.717, 1.165) is 6.54 Å². The molecule has 9 nitrogen and oxygen atoms in total. The molecule has 0 aromatic carbocycles. The Bertz CT molecular complexity index is 465. The van der Waals surface area contributed by atoms with E-state index in [9.17, 15) is 14.9 Å². The fourth-order valence-electron chi connectivity index (χ4n) is 1.54. The summed E-state index contributed by atoms with van der Waals surface area (Å²) in [5, 5.41) is 16.4. The maximum atomic E-state index is 11.7. The first-order valence-electron chi connectivity index (χ1n) is 6.19. The van der Waals surface area contributed by atoms with Crippen LogP contribution in [-0.4, -0.2) is 53.7 Å². The van der Waals surface area contributed by atoms with Crippen LogP contribution in [0.5, 0.6) is 0 Å². The van der Waals surface area contributed by atoms with Crippen molar-refractivity contribution in [2.45, 2.75) is 13.5 Å². The molecule has 2 N–H and O–H groups in total. The number of nitro groups is 1. The standard InChI is InChI=1S/C11H19N5O4.ClH/c1-9-14-10(16(18)19)7-15(9)8-11(17)13-4-3-12-5-6-20-2;/h7,12H,3-6,8H2,1-2H3,(H,13,17);1H. The van der Waals surface area contributed by atoms with Gasteiger partial charge in [0.2, 0.25) is 11.7 Å². The zero-order valence-corrected chi connectivity index (χ0v) is 12.8. The molecule has 0 aliphatic rings. The summed E-state index contributed by atoms with van der Waals surface area (Å²) in [5.41, 5.74) is 0. The Hall–Kier alpha value is -1.71. The Morgan fingerprint density at radius 1 is 1.48 bits per heavy atom. The normalized spacial score (nSPS) is 10.0. The van der Waals surface area contributed by atoms with E-state index in [0.29, 0.717) is 25.5 Å². The number of carbonyl (C=O) groups is 1. The van der Waals surface area contributed by atoms with Gasteiger partial charge in [-0.1, -0.05) is 0 Å². The summed E-state index contributed by atoms with van der Waals surface area (Å²) in [5.74, 6) is -0.0319. The van der Waals surface area contributed by atoms with Gasteiger partial charge < -0.3 is 25.5 Å². The van der Waals surface area contributed by atoms with Gasteiger partial charge >= 0.3 is 5.82 Å². The lowest BCUT2D eigenvalue weighted by molar-refractivity contribution is -0.389. The van der Waals surface area contributed by atoms with Crippen molar-refractivity contribution in [3.8, 4) is 0 Å². The van der Waals surface area contributed by atoms with Gasteiger partial charge in [-0.2, -0.15) is 0 Å². The van der Waals surface area contributed by atoms with Crippen molar-refractivity contribution in [2.24, 2.45) is 0 Å². The average molecular weight is 322 g/mol. The number of nitrogens with one attached hydrogen (secondary N) is 2. The van der Waals surface area contributed by atoms with Crippen LogP contribution in [0, 0.1) is 17.0 Å². The molecule has 1 aromatic rings. The second-order valence-corrected chi connectivity index (χ2v) is 4.12. The number of halogens is 1. The third kappa shape index (κ3) is 7.02. The first-order valence-corrected chi connectivity index (χ1v) is 6.19. The van der Waals surface area contributed by atoms with Crippen molar-refractivity contribution in [3.05, 3.63) is 22.1 Å². The van der Waals surface area contributed by atoms with E-state index in [2.05, 4.69) is 15.6 Å². The summed E-state index contributed by atoms with van der Waals surface area (Å²) in [6.07, 6.45) is 1.26. The number of ether oxygens (including phenoxy) is 1. The molecule has 10 heteroatoms. The molecule has 120 valence electrons. The van der Waals surface area contributed by atoms with Gasteiger partial charge in [0.05, 0.1) is 6.61 Å². The molecule has 0 aliphatic carbocycles. The summed E-state index contributed by atoms with van der Waals surface area (Å²) < 4.78 is 6.32. The zero-order chi connectivity index (χ0) is 15.0. The second-order valence-electron chi connectivity index (χ2n) is 4.12. The van der Waals surface area contributed by atoms with Gasteiger partial charge in [0.1, 0.15) is 12.7 Å². The van der Waals surface area contributed by atoms with Crippen molar-refractivity contribution in [2.75, 3.05) is 33.4 Å². The molecular weight excluding hydrogens is 302 g/mol. The number of carbonyl (C=O) groups excluding carboxylic acids is 1. The molecule has 1 rings (SSSR count). The Balaban J connectivity index is 0.00000400. The number of aromatic nitrogens is 2. The van der Waals surface area contributed by atoms with Gasteiger partial charge in [0.15, 0.2) is 0 Å². The summed E-state index contributed by atoms with van der Waals surface area (Å²) in [6, 6.07) is 0. The summed E-state index contributed by atoms with van der Waals surface area (Å²) in [6.45, 7) is 4.10. The Kier molecular flexibility index (Phi) is 9.26. The van der Waals surface area contributed by atoms with Gasteiger partial charge in [-0.25, -0.2) is 0 Å². The summed E-state index contributed by atoms with van der Waals surface area (Å²) in [4.78, 5) is 25.4. The number of imidazole rings is 1. The average Bonchev–Trinajstić information content (AvgIpc) is 2.75. The Labute approximate surface area is 128 Å². The number of rotatable bonds is 9. The molecular formula is C11H20ClN5O4. The van der Waals surface area contributed by atoms with Crippen LogP contribution in [0.15, 0.2) is 6.20 Å². The molecule has 0 unspecified atom stereocenters. The van der Waals surface area contributed by atoms with E-state index in [1.165, 1.54) is 10.8 Å². The third-order valence-corrected chi connectivity index (χ3v) is 2.57. The Morgan fingerprint density at radius 3 is 2.76 bits per heavy atom. The molecule has 0 spiro atoms. The lowest BCUT2D eigenvalue weighted by atomic mass is 10.5. The van der Waals surface area contributed by atoms with Crippen LogP contribution >= 0.6 is 12.4 Å². The predicted molar refractivity (Wildman–Crippen MR) is 78.6 cm³/mol. The third-order valence-electron chi connectivity index (χ3n) is 2.57. The minimum absolute atomic E-state index is 0.